The van der Waals surface area contributed by atoms with E-state index in [-0.39, 0.29) is 5.91 Å². The molecule has 4 rings (SSSR count). The Morgan fingerprint density at radius 1 is 1.06 bits per heavy atom. The van der Waals surface area contributed by atoms with Gasteiger partial charge in [0.2, 0.25) is 5.91 Å². The van der Waals surface area contributed by atoms with Gasteiger partial charge in [0.25, 0.3) is 0 Å². The van der Waals surface area contributed by atoms with Gasteiger partial charge in [0.1, 0.15) is 5.76 Å². The summed E-state index contributed by atoms with van der Waals surface area (Å²) >= 11 is 5.99. The highest BCUT2D eigenvalue weighted by Gasteiger charge is 2.19. The maximum Gasteiger partial charge on any atom is 0.228 e. The first kappa shape index (κ1) is 21.5. The van der Waals surface area contributed by atoms with Crippen molar-refractivity contribution < 1.29 is 9.21 Å². The van der Waals surface area contributed by atoms with Gasteiger partial charge in [0, 0.05) is 48.5 Å². The van der Waals surface area contributed by atoms with Gasteiger partial charge in [-0.15, -0.1) is 0 Å². The normalized spacial score (nSPS) is 14.5. The molecule has 1 amide bonds. The molecule has 162 valence electrons. The summed E-state index contributed by atoms with van der Waals surface area (Å²) < 4.78 is 5.39. The van der Waals surface area contributed by atoms with Crippen molar-refractivity contribution in [2.24, 2.45) is 0 Å². The molecule has 0 unspecified atom stereocenters. The quantitative estimate of drug-likeness (QED) is 0.525. The fraction of sp³-hybridized carbons (Fsp3) is 0.320. The van der Waals surface area contributed by atoms with Crippen LogP contribution in [-0.4, -0.2) is 31.6 Å². The van der Waals surface area contributed by atoms with Crippen LogP contribution in [0.3, 0.4) is 0 Å². The van der Waals surface area contributed by atoms with E-state index < -0.39 is 0 Å². The first-order valence-corrected chi connectivity index (χ1v) is 11.2. The van der Waals surface area contributed by atoms with E-state index in [1.807, 2.05) is 48.5 Å². The Bertz CT molecular complexity index is 965. The minimum absolute atomic E-state index is 0.0450. The third-order valence-electron chi connectivity index (χ3n) is 5.65. The first-order valence-electron chi connectivity index (χ1n) is 10.8. The van der Waals surface area contributed by atoms with Crippen LogP contribution < -0.4 is 15.5 Å². The fourth-order valence-electron chi connectivity index (χ4n) is 3.99. The molecule has 2 N–H and O–H groups in total. The summed E-state index contributed by atoms with van der Waals surface area (Å²) in [6.07, 6.45) is 5.21. The second kappa shape index (κ2) is 10.5. The van der Waals surface area contributed by atoms with E-state index in [0.717, 1.165) is 55.9 Å². The van der Waals surface area contributed by atoms with Crippen molar-refractivity contribution in [3.63, 3.8) is 0 Å². The molecule has 1 aromatic heterocycles. The number of carbonyl (C=O) groups is 1. The monoisotopic (exact) mass is 437 g/mol. The standard InChI is InChI=1S/C25H28ClN3O2/c26-20-4-1-3-19(17-20)18-25(30)28-22-6-8-23(9-7-22)29-14-11-21(12-15-29)27-13-10-24-5-2-16-31-24/h1-9,16-17,21,27H,10-15,18H2,(H,28,30). The average Bonchev–Trinajstić information content (AvgIpc) is 3.28. The van der Waals surface area contributed by atoms with Crippen molar-refractivity contribution in [2.75, 3.05) is 29.9 Å². The smallest absolute Gasteiger partial charge is 0.228 e. The zero-order valence-electron chi connectivity index (χ0n) is 17.5. The van der Waals surface area contributed by atoms with Gasteiger partial charge in [-0.3, -0.25) is 4.79 Å². The van der Waals surface area contributed by atoms with Crippen LogP contribution in [0.15, 0.2) is 71.3 Å². The van der Waals surface area contributed by atoms with Gasteiger partial charge in [0.05, 0.1) is 12.7 Å². The second-order valence-corrected chi connectivity index (χ2v) is 8.38. The number of hydrogen-bond acceptors (Lipinski definition) is 4. The topological polar surface area (TPSA) is 57.5 Å². The number of furan rings is 1. The molecule has 1 aliphatic heterocycles. The average molecular weight is 438 g/mol. The summed E-state index contributed by atoms with van der Waals surface area (Å²) in [5.41, 5.74) is 2.91. The van der Waals surface area contributed by atoms with Crippen molar-refractivity contribution >= 4 is 28.9 Å². The number of halogens is 1. The third-order valence-corrected chi connectivity index (χ3v) is 5.88. The van der Waals surface area contributed by atoms with Gasteiger partial charge in [-0.2, -0.15) is 0 Å². The summed E-state index contributed by atoms with van der Waals surface area (Å²) in [6.45, 7) is 3.00. The molecule has 2 heterocycles. The molecule has 1 fully saturated rings. The fourth-order valence-corrected chi connectivity index (χ4v) is 4.20. The maximum atomic E-state index is 12.3. The van der Waals surface area contributed by atoms with E-state index in [0.29, 0.717) is 17.5 Å². The van der Waals surface area contributed by atoms with E-state index in [1.165, 1.54) is 5.69 Å². The maximum absolute atomic E-state index is 12.3. The number of rotatable bonds is 8. The van der Waals surface area contributed by atoms with Gasteiger partial charge in [0.15, 0.2) is 0 Å². The molecule has 5 nitrogen and oxygen atoms in total. The number of benzene rings is 2. The van der Waals surface area contributed by atoms with Gasteiger partial charge >= 0.3 is 0 Å². The molecule has 0 atom stereocenters. The molecule has 31 heavy (non-hydrogen) atoms. The van der Waals surface area contributed by atoms with Crippen molar-refractivity contribution in [3.8, 4) is 0 Å². The number of anilines is 2. The second-order valence-electron chi connectivity index (χ2n) is 7.95. The van der Waals surface area contributed by atoms with E-state index in [4.69, 9.17) is 16.0 Å². The van der Waals surface area contributed by atoms with E-state index in [9.17, 15) is 4.79 Å². The summed E-state index contributed by atoms with van der Waals surface area (Å²) in [5.74, 6) is 0.987. The highest BCUT2D eigenvalue weighted by Crippen LogP contribution is 2.22. The minimum Gasteiger partial charge on any atom is -0.469 e. The highest BCUT2D eigenvalue weighted by atomic mass is 35.5. The molecule has 0 radical (unpaired) electrons. The van der Waals surface area contributed by atoms with Gasteiger partial charge in [-0.1, -0.05) is 23.7 Å². The lowest BCUT2D eigenvalue weighted by molar-refractivity contribution is -0.115. The lowest BCUT2D eigenvalue weighted by Gasteiger charge is -2.34. The minimum atomic E-state index is -0.0450. The number of amides is 1. The molecule has 6 heteroatoms. The number of hydrogen-bond donors (Lipinski definition) is 2. The van der Waals surface area contributed by atoms with E-state index in [1.54, 1.807) is 6.26 Å². The van der Waals surface area contributed by atoms with Gasteiger partial charge in [-0.05, 0) is 66.9 Å². The SMILES string of the molecule is O=C(Cc1cccc(Cl)c1)Nc1ccc(N2CCC(NCCc3ccco3)CC2)cc1. The number of piperidine rings is 1. The number of nitrogens with zero attached hydrogens (tertiary/aromatic N) is 1. The van der Waals surface area contributed by atoms with Crippen molar-refractivity contribution in [2.45, 2.75) is 31.7 Å². The van der Waals surface area contributed by atoms with Crippen LogP contribution in [0.1, 0.15) is 24.2 Å². The Labute approximate surface area is 188 Å². The zero-order valence-corrected chi connectivity index (χ0v) is 18.3. The summed E-state index contributed by atoms with van der Waals surface area (Å²) in [5, 5.41) is 7.25. The lowest BCUT2D eigenvalue weighted by atomic mass is 10.0. The van der Waals surface area contributed by atoms with Crippen LogP contribution in [-0.2, 0) is 17.6 Å². The predicted octanol–water partition coefficient (Wildman–Crippen LogP) is 4.92. The molecular formula is C25H28ClN3O2. The Balaban J connectivity index is 1.21. The molecule has 0 aliphatic carbocycles. The highest BCUT2D eigenvalue weighted by molar-refractivity contribution is 6.30. The lowest BCUT2D eigenvalue weighted by Crippen LogP contribution is -2.43. The van der Waals surface area contributed by atoms with E-state index >= 15 is 0 Å². The molecule has 1 saturated heterocycles. The molecule has 0 spiro atoms. The number of nitrogens with one attached hydrogen (secondary N) is 2. The van der Waals surface area contributed by atoms with Crippen LogP contribution in [0.25, 0.3) is 0 Å². The van der Waals surface area contributed by atoms with Gasteiger partial charge in [-0.25, -0.2) is 0 Å². The Kier molecular flexibility index (Phi) is 7.28. The molecular weight excluding hydrogens is 410 g/mol. The third kappa shape index (κ3) is 6.36. The first-order chi connectivity index (χ1) is 15.2. The van der Waals surface area contributed by atoms with Crippen molar-refractivity contribution in [3.05, 3.63) is 83.3 Å². The van der Waals surface area contributed by atoms with Crippen LogP contribution in [0.2, 0.25) is 5.02 Å². The molecule has 0 saturated carbocycles. The van der Waals surface area contributed by atoms with Crippen LogP contribution in [0, 0.1) is 0 Å². The summed E-state index contributed by atoms with van der Waals surface area (Å²) in [7, 11) is 0. The van der Waals surface area contributed by atoms with Crippen LogP contribution in [0.4, 0.5) is 11.4 Å². The molecule has 0 bridgehead atoms. The van der Waals surface area contributed by atoms with Crippen LogP contribution >= 0.6 is 11.6 Å². The van der Waals surface area contributed by atoms with Crippen LogP contribution in [0.5, 0.6) is 0 Å². The molecule has 2 aromatic carbocycles. The van der Waals surface area contributed by atoms with E-state index in [2.05, 4.69) is 27.7 Å². The Morgan fingerprint density at radius 3 is 2.58 bits per heavy atom. The largest absolute Gasteiger partial charge is 0.469 e. The van der Waals surface area contributed by atoms with Gasteiger partial charge < -0.3 is 20.0 Å². The Morgan fingerprint density at radius 2 is 1.87 bits per heavy atom. The Hall–Kier alpha value is -2.76. The summed E-state index contributed by atoms with van der Waals surface area (Å²) in [4.78, 5) is 14.7. The number of carbonyl (C=O) groups excluding carboxylic acids is 1. The molecule has 3 aromatic rings. The van der Waals surface area contributed by atoms with Crippen molar-refractivity contribution in [1.29, 1.82) is 0 Å². The van der Waals surface area contributed by atoms with Crippen molar-refractivity contribution in [1.82, 2.24) is 5.32 Å². The summed E-state index contributed by atoms with van der Waals surface area (Å²) in [6, 6.07) is 20.0. The predicted molar refractivity (Wildman–Crippen MR) is 126 cm³/mol. The zero-order chi connectivity index (χ0) is 21.5. The molecule has 1 aliphatic rings.